The van der Waals surface area contributed by atoms with Gasteiger partial charge in [0.1, 0.15) is 18.4 Å². The van der Waals surface area contributed by atoms with Crippen LogP contribution < -0.4 is 10.6 Å². The second-order valence-electron chi connectivity index (χ2n) is 5.07. The van der Waals surface area contributed by atoms with Crippen LogP contribution in [0, 0.1) is 5.82 Å². The Morgan fingerprint density at radius 3 is 2.74 bits per heavy atom. The zero-order valence-corrected chi connectivity index (χ0v) is 12.4. The predicted octanol–water partition coefficient (Wildman–Crippen LogP) is 0.555. The number of carboxylic acids is 1. The standard InChI is InChI=1S/C15H16FN3O4/c1-8(20)19-13(15(23)18-7-14(21)22)4-9-6-17-12-5-10(16)2-3-11(9)12/h2-3,5-6,13,17H,4,7H2,1H3,(H,18,23)(H,19,20)(H,21,22). The summed E-state index contributed by atoms with van der Waals surface area (Å²) in [5, 5.41) is 14.1. The van der Waals surface area contributed by atoms with Gasteiger partial charge in [-0.1, -0.05) is 0 Å². The van der Waals surface area contributed by atoms with E-state index in [1.807, 2.05) is 0 Å². The van der Waals surface area contributed by atoms with Gasteiger partial charge in [0.15, 0.2) is 0 Å². The number of nitrogens with one attached hydrogen (secondary N) is 3. The van der Waals surface area contributed by atoms with Crippen molar-refractivity contribution in [2.24, 2.45) is 0 Å². The van der Waals surface area contributed by atoms with Gasteiger partial charge < -0.3 is 20.7 Å². The lowest BCUT2D eigenvalue weighted by atomic mass is 10.0. The monoisotopic (exact) mass is 321 g/mol. The third kappa shape index (κ3) is 4.29. The minimum absolute atomic E-state index is 0.149. The van der Waals surface area contributed by atoms with Gasteiger partial charge in [0.05, 0.1) is 0 Å². The van der Waals surface area contributed by atoms with Crippen LogP contribution in [-0.2, 0) is 20.8 Å². The molecule has 0 aliphatic heterocycles. The Labute approximate surface area is 130 Å². The van der Waals surface area contributed by atoms with Crippen molar-refractivity contribution in [3.05, 3.63) is 35.8 Å². The number of fused-ring (bicyclic) bond motifs is 1. The van der Waals surface area contributed by atoms with Crippen LogP contribution in [0.3, 0.4) is 0 Å². The number of benzene rings is 1. The van der Waals surface area contributed by atoms with Gasteiger partial charge in [0, 0.05) is 30.4 Å². The average molecular weight is 321 g/mol. The molecule has 122 valence electrons. The number of aromatic nitrogens is 1. The first-order valence-electron chi connectivity index (χ1n) is 6.89. The Balaban J connectivity index is 2.20. The van der Waals surface area contributed by atoms with Crippen LogP contribution in [0.4, 0.5) is 4.39 Å². The smallest absolute Gasteiger partial charge is 0.322 e. The molecule has 8 heteroatoms. The summed E-state index contributed by atoms with van der Waals surface area (Å²) in [6.45, 7) is 0.732. The summed E-state index contributed by atoms with van der Waals surface area (Å²) in [5.74, 6) is -2.57. The van der Waals surface area contributed by atoms with Gasteiger partial charge in [-0.2, -0.15) is 0 Å². The number of carbonyl (C=O) groups is 3. The fraction of sp³-hybridized carbons (Fsp3) is 0.267. The van der Waals surface area contributed by atoms with Gasteiger partial charge in [-0.15, -0.1) is 0 Å². The van der Waals surface area contributed by atoms with E-state index in [0.29, 0.717) is 11.1 Å². The number of aromatic amines is 1. The lowest BCUT2D eigenvalue weighted by Gasteiger charge is -2.16. The van der Waals surface area contributed by atoms with Crippen LogP contribution in [-0.4, -0.2) is 40.5 Å². The van der Waals surface area contributed by atoms with Crippen molar-refractivity contribution < 1.29 is 23.9 Å². The summed E-state index contributed by atoms with van der Waals surface area (Å²) in [7, 11) is 0. The molecule has 23 heavy (non-hydrogen) atoms. The Morgan fingerprint density at radius 1 is 1.35 bits per heavy atom. The summed E-state index contributed by atoms with van der Waals surface area (Å²) < 4.78 is 13.2. The van der Waals surface area contributed by atoms with Crippen LogP contribution in [0.1, 0.15) is 12.5 Å². The molecule has 2 amide bonds. The summed E-state index contributed by atoms with van der Waals surface area (Å²) in [5.41, 5.74) is 1.29. The molecule has 0 aliphatic carbocycles. The lowest BCUT2D eigenvalue weighted by Crippen LogP contribution is -2.48. The highest BCUT2D eigenvalue weighted by molar-refractivity contribution is 5.90. The van der Waals surface area contributed by atoms with Gasteiger partial charge in [0.25, 0.3) is 0 Å². The van der Waals surface area contributed by atoms with E-state index >= 15 is 0 Å². The third-order valence-corrected chi connectivity index (χ3v) is 3.26. The first-order valence-corrected chi connectivity index (χ1v) is 6.89. The highest BCUT2D eigenvalue weighted by atomic mass is 19.1. The first kappa shape index (κ1) is 16.5. The molecular formula is C15H16FN3O4. The molecule has 0 spiro atoms. The number of rotatable bonds is 6. The molecule has 0 saturated carbocycles. The van der Waals surface area contributed by atoms with Crippen molar-refractivity contribution in [1.29, 1.82) is 0 Å². The van der Waals surface area contributed by atoms with Crippen molar-refractivity contribution in [1.82, 2.24) is 15.6 Å². The zero-order valence-electron chi connectivity index (χ0n) is 12.4. The van der Waals surface area contributed by atoms with Gasteiger partial charge in [0.2, 0.25) is 11.8 Å². The number of H-pyrrole nitrogens is 1. The quantitative estimate of drug-likeness (QED) is 0.623. The predicted molar refractivity (Wildman–Crippen MR) is 80.2 cm³/mol. The van der Waals surface area contributed by atoms with Crippen LogP contribution in [0.2, 0.25) is 0 Å². The maximum Gasteiger partial charge on any atom is 0.322 e. The Bertz CT molecular complexity index is 756. The number of aliphatic carboxylic acids is 1. The Hall–Kier alpha value is -2.90. The molecule has 1 unspecified atom stereocenters. The van der Waals surface area contributed by atoms with Crippen molar-refractivity contribution in [3.63, 3.8) is 0 Å². The van der Waals surface area contributed by atoms with Gasteiger partial charge in [-0.3, -0.25) is 14.4 Å². The largest absolute Gasteiger partial charge is 0.480 e. The Morgan fingerprint density at radius 2 is 2.09 bits per heavy atom. The topological polar surface area (TPSA) is 111 Å². The summed E-state index contributed by atoms with van der Waals surface area (Å²) >= 11 is 0. The van der Waals surface area contributed by atoms with E-state index in [1.54, 1.807) is 12.3 Å². The second kappa shape index (κ2) is 6.91. The van der Waals surface area contributed by atoms with E-state index in [1.165, 1.54) is 19.1 Å². The number of carbonyl (C=O) groups excluding carboxylic acids is 2. The number of carboxylic acid groups (broad SMARTS) is 1. The molecule has 1 aromatic heterocycles. The van der Waals surface area contributed by atoms with Crippen molar-refractivity contribution in [2.45, 2.75) is 19.4 Å². The molecule has 1 heterocycles. The highest BCUT2D eigenvalue weighted by Crippen LogP contribution is 2.20. The van der Waals surface area contributed by atoms with Gasteiger partial charge >= 0.3 is 5.97 Å². The van der Waals surface area contributed by atoms with Crippen molar-refractivity contribution in [3.8, 4) is 0 Å². The van der Waals surface area contributed by atoms with E-state index in [2.05, 4.69) is 15.6 Å². The van der Waals surface area contributed by atoms with E-state index < -0.39 is 30.4 Å². The average Bonchev–Trinajstić information content (AvgIpc) is 2.85. The molecule has 0 fully saturated rings. The molecule has 1 aromatic carbocycles. The molecule has 2 aromatic rings. The van der Waals surface area contributed by atoms with Crippen LogP contribution >= 0.6 is 0 Å². The minimum Gasteiger partial charge on any atom is -0.480 e. The van der Waals surface area contributed by atoms with Crippen LogP contribution in [0.25, 0.3) is 10.9 Å². The minimum atomic E-state index is -1.18. The van der Waals surface area contributed by atoms with Gasteiger partial charge in [-0.05, 0) is 23.8 Å². The lowest BCUT2D eigenvalue weighted by molar-refractivity contribution is -0.138. The second-order valence-corrected chi connectivity index (χ2v) is 5.07. The van der Waals surface area contributed by atoms with Crippen molar-refractivity contribution >= 4 is 28.7 Å². The molecule has 2 rings (SSSR count). The number of hydrogen-bond donors (Lipinski definition) is 4. The first-order chi connectivity index (χ1) is 10.9. The summed E-state index contributed by atoms with van der Waals surface area (Å²) in [4.78, 5) is 36.7. The molecule has 0 aliphatic rings. The normalized spacial score (nSPS) is 11.9. The molecular weight excluding hydrogens is 305 g/mol. The Kier molecular flexibility index (Phi) is 4.95. The molecule has 7 nitrogen and oxygen atoms in total. The van der Waals surface area contributed by atoms with E-state index in [-0.39, 0.29) is 12.2 Å². The van der Waals surface area contributed by atoms with E-state index in [4.69, 9.17) is 5.11 Å². The number of amides is 2. The molecule has 1 atom stereocenters. The molecule has 4 N–H and O–H groups in total. The summed E-state index contributed by atoms with van der Waals surface area (Å²) in [6.07, 6.45) is 1.78. The van der Waals surface area contributed by atoms with E-state index in [0.717, 1.165) is 5.39 Å². The molecule has 0 bridgehead atoms. The number of halogens is 1. The molecule has 0 radical (unpaired) electrons. The van der Waals surface area contributed by atoms with Gasteiger partial charge in [-0.25, -0.2) is 4.39 Å². The zero-order chi connectivity index (χ0) is 17.0. The molecule has 0 saturated heterocycles. The SMILES string of the molecule is CC(=O)NC(Cc1c[nH]c2cc(F)ccc12)C(=O)NCC(=O)O. The van der Waals surface area contributed by atoms with E-state index in [9.17, 15) is 18.8 Å². The maximum atomic E-state index is 13.2. The van der Waals surface area contributed by atoms with Crippen LogP contribution in [0.5, 0.6) is 0 Å². The highest BCUT2D eigenvalue weighted by Gasteiger charge is 2.21. The number of hydrogen-bond acceptors (Lipinski definition) is 3. The summed E-state index contributed by atoms with van der Waals surface area (Å²) in [6, 6.07) is 3.29. The van der Waals surface area contributed by atoms with Crippen molar-refractivity contribution in [2.75, 3.05) is 6.54 Å². The third-order valence-electron chi connectivity index (χ3n) is 3.26. The fourth-order valence-corrected chi connectivity index (χ4v) is 2.29. The fourth-order valence-electron chi connectivity index (χ4n) is 2.29. The maximum absolute atomic E-state index is 13.2. The van der Waals surface area contributed by atoms with Crippen LogP contribution in [0.15, 0.2) is 24.4 Å².